The molecule has 2 unspecified atom stereocenters. The Hall–Kier alpha value is -3.55. The Morgan fingerprint density at radius 1 is 0.976 bits per heavy atom. The SMILES string of the molecule is CCCCCN(C(=O)C(Cc1ccc(O)cc1)NC(=O)OC(C)(C)C)C(C(=O)NC1CCCCC1)c1ccccc1. The minimum Gasteiger partial charge on any atom is -0.508 e. The van der Waals surface area contributed by atoms with Crippen LogP contribution in [0.5, 0.6) is 5.75 Å². The van der Waals surface area contributed by atoms with Gasteiger partial charge in [0.2, 0.25) is 11.8 Å². The highest BCUT2D eigenvalue weighted by molar-refractivity contribution is 5.92. The molecule has 8 heteroatoms. The molecule has 41 heavy (non-hydrogen) atoms. The van der Waals surface area contributed by atoms with E-state index < -0.39 is 23.8 Å². The maximum Gasteiger partial charge on any atom is 0.408 e. The van der Waals surface area contributed by atoms with Gasteiger partial charge in [-0.3, -0.25) is 9.59 Å². The summed E-state index contributed by atoms with van der Waals surface area (Å²) in [5.41, 5.74) is 0.740. The third-order valence-electron chi connectivity index (χ3n) is 7.28. The molecule has 1 aliphatic rings. The highest BCUT2D eigenvalue weighted by Crippen LogP contribution is 2.26. The normalized spacial score (nSPS) is 15.4. The van der Waals surface area contributed by atoms with E-state index in [1.165, 1.54) is 6.42 Å². The van der Waals surface area contributed by atoms with E-state index in [2.05, 4.69) is 17.6 Å². The number of carbonyl (C=O) groups excluding carboxylic acids is 3. The van der Waals surface area contributed by atoms with Crippen molar-refractivity contribution in [3.8, 4) is 5.75 Å². The highest BCUT2D eigenvalue weighted by atomic mass is 16.6. The Labute approximate surface area is 244 Å². The van der Waals surface area contributed by atoms with Crippen molar-refractivity contribution in [3.05, 3.63) is 65.7 Å². The van der Waals surface area contributed by atoms with Crippen molar-refractivity contribution in [2.75, 3.05) is 6.54 Å². The molecule has 0 spiro atoms. The fourth-order valence-corrected chi connectivity index (χ4v) is 5.25. The molecule has 0 aromatic heterocycles. The third kappa shape index (κ3) is 10.4. The average Bonchev–Trinajstić information content (AvgIpc) is 2.93. The maximum absolute atomic E-state index is 14.4. The van der Waals surface area contributed by atoms with E-state index in [0.717, 1.165) is 56.1 Å². The van der Waals surface area contributed by atoms with Gasteiger partial charge in [-0.05, 0) is 63.3 Å². The molecule has 0 aliphatic heterocycles. The topological polar surface area (TPSA) is 108 Å². The predicted octanol–water partition coefficient (Wildman–Crippen LogP) is 6.04. The van der Waals surface area contributed by atoms with Gasteiger partial charge in [0, 0.05) is 19.0 Å². The summed E-state index contributed by atoms with van der Waals surface area (Å²) in [6.45, 7) is 7.76. The van der Waals surface area contributed by atoms with Crippen LogP contribution in [-0.4, -0.2) is 52.1 Å². The number of amides is 3. The second kappa shape index (κ2) is 15.5. The fraction of sp³-hybridized carbons (Fsp3) is 0.545. The zero-order valence-corrected chi connectivity index (χ0v) is 25.0. The van der Waals surface area contributed by atoms with Crippen LogP contribution >= 0.6 is 0 Å². The number of carbonyl (C=O) groups is 3. The van der Waals surface area contributed by atoms with Crippen LogP contribution < -0.4 is 10.6 Å². The predicted molar refractivity (Wildman–Crippen MR) is 160 cm³/mol. The number of unbranched alkanes of at least 4 members (excludes halogenated alkanes) is 2. The first-order chi connectivity index (χ1) is 19.6. The molecule has 1 saturated carbocycles. The minimum absolute atomic E-state index is 0.0859. The monoisotopic (exact) mass is 565 g/mol. The van der Waals surface area contributed by atoms with Crippen molar-refractivity contribution in [1.82, 2.24) is 15.5 Å². The van der Waals surface area contributed by atoms with Crippen LogP contribution in [0.1, 0.15) is 96.2 Å². The minimum atomic E-state index is -0.982. The quantitative estimate of drug-likeness (QED) is 0.272. The first-order valence-electron chi connectivity index (χ1n) is 15.0. The number of phenolic OH excluding ortho intramolecular Hbond substituents is 1. The third-order valence-corrected chi connectivity index (χ3v) is 7.28. The Kier molecular flexibility index (Phi) is 12.0. The summed E-state index contributed by atoms with van der Waals surface area (Å²) in [6, 6.07) is 14.2. The lowest BCUT2D eigenvalue weighted by Crippen LogP contribution is -2.54. The zero-order chi connectivity index (χ0) is 29.8. The van der Waals surface area contributed by atoms with Gasteiger partial charge in [0.05, 0.1) is 0 Å². The Morgan fingerprint density at radius 2 is 1.63 bits per heavy atom. The van der Waals surface area contributed by atoms with Gasteiger partial charge in [0.1, 0.15) is 23.4 Å². The molecule has 0 radical (unpaired) electrons. The lowest BCUT2D eigenvalue weighted by atomic mass is 9.94. The molecule has 2 aromatic carbocycles. The van der Waals surface area contributed by atoms with Gasteiger partial charge in [0.25, 0.3) is 0 Å². The molecule has 0 saturated heterocycles. The number of benzene rings is 2. The molecule has 224 valence electrons. The van der Waals surface area contributed by atoms with Crippen LogP contribution in [0.3, 0.4) is 0 Å². The number of hydrogen-bond donors (Lipinski definition) is 3. The second-order valence-electron chi connectivity index (χ2n) is 12.0. The molecule has 3 rings (SSSR count). The number of ether oxygens (including phenoxy) is 1. The van der Waals surface area contributed by atoms with E-state index >= 15 is 0 Å². The second-order valence-corrected chi connectivity index (χ2v) is 12.0. The molecule has 2 aromatic rings. The van der Waals surface area contributed by atoms with Gasteiger partial charge in [-0.2, -0.15) is 0 Å². The van der Waals surface area contributed by atoms with Gasteiger partial charge in [-0.15, -0.1) is 0 Å². The largest absolute Gasteiger partial charge is 0.508 e. The van der Waals surface area contributed by atoms with Gasteiger partial charge in [-0.1, -0.05) is 81.5 Å². The molecule has 1 aliphatic carbocycles. The molecule has 2 atom stereocenters. The van der Waals surface area contributed by atoms with E-state index in [4.69, 9.17) is 4.74 Å². The van der Waals surface area contributed by atoms with Crippen molar-refractivity contribution < 1.29 is 24.2 Å². The summed E-state index contributed by atoms with van der Waals surface area (Å²) in [7, 11) is 0. The van der Waals surface area contributed by atoms with Crippen LogP contribution in [0, 0.1) is 0 Å². The number of alkyl carbamates (subject to hydrolysis) is 1. The van der Waals surface area contributed by atoms with Gasteiger partial charge in [0.15, 0.2) is 0 Å². The highest BCUT2D eigenvalue weighted by Gasteiger charge is 2.37. The van der Waals surface area contributed by atoms with E-state index in [1.807, 2.05) is 30.3 Å². The van der Waals surface area contributed by atoms with Crippen LogP contribution in [0.4, 0.5) is 4.79 Å². The number of rotatable bonds is 12. The van der Waals surface area contributed by atoms with Crippen molar-refractivity contribution >= 4 is 17.9 Å². The molecular weight excluding hydrogens is 518 g/mol. The van der Waals surface area contributed by atoms with E-state index in [1.54, 1.807) is 49.9 Å². The van der Waals surface area contributed by atoms with Crippen LogP contribution in [0.25, 0.3) is 0 Å². The molecule has 0 bridgehead atoms. The standard InChI is InChI=1S/C33H47N3O5/c1-5-6-13-22-36(29(25-14-9-7-10-15-25)30(38)34-26-16-11-8-12-17-26)31(39)28(35-32(40)41-33(2,3)4)23-24-18-20-27(37)21-19-24/h7,9-10,14-15,18-21,26,28-29,37H,5-6,8,11-13,16-17,22-23H2,1-4H3,(H,34,38)(H,35,40). The maximum atomic E-state index is 14.4. The summed E-state index contributed by atoms with van der Waals surface area (Å²) in [6.07, 6.45) is 7.24. The Morgan fingerprint density at radius 3 is 2.24 bits per heavy atom. The van der Waals surface area contributed by atoms with E-state index in [-0.39, 0.29) is 30.0 Å². The van der Waals surface area contributed by atoms with Crippen molar-refractivity contribution in [3.63, 3.8) is 0 Å². The average molecular weight is 566 g/mol. The number of aromatic hydroxyl groups is 1. The molecule has 3 amide bonds. The number of phenols is 1. The zero-order valence-electron chi connectivity index (χ0n) is 25.0. The summed E-state index contributed by atoms with van der Waals surface area (Å²) in [4.78, 5) is 43.0. The lowest BCUT2D eigenvalue weighted by Gasteiger charge is -2.36. The van der Waals surface area contributed by atoms with Crippen molar-refractivity contribution in [1.29, 1.82) is 0 Å². The molecule has 0 heterocycles. The molecule has 3 N–H and O–H groups in total. The first-order valence-corrected chi connectivity index (χ1v) is 15.0. The smallest absolute Gasteiger partial charge is 0.408 e. The molecule has 1 fully saturated rings. The van der Waals surface area contributed by atoms with Crippen molar-refractivity contribution in [2.24, 2.45) is 0 Å². The number of nitrogens with zero attached hydrogens (tertiary/aromatic N) is 1. The summed E-state index contributed by atoms with van der Waals surface area (Å²) in [5, 5.41) is 15.8. The van der Waals surface area contributed by atoms with Gasteiger partial charge >= 0.3 is 6.09 Å². The van der Waals surface area contributed by atoms with Gasteiger partial charge in [-0.25, -0.2) is 4.79 Å². The fourth-order valence-electron chi connectivity index (χ4n) is 5.25. The summed E-state index contributed by atoms with van der Waals surface area (Å²) < 4.78 is 5.51. The van der Waals surface area contributed by atoms with Crippen LogP contribution in [0.15, 0.2) is 54.6 Å². The lowest BCUT2D eigenvalue weighted by molar-refractivity contribution is -0.143. The Balaban J connectivity index is 1.98. The molecule has 8 nitrogen and oxygen atoms in total. The van der Waals surface area contributed by atoms with E-state index in [9.17, 15) is 19.5 Å². The van der Waals surface area contributed by atoms with Crippen LogP contribution in [-0.2, 0) is 20.7 Å². The number of hydrogen-bond acceptors (Lipinski definition) is 5. The molecular formula is C33H47N3O5. The number of nitrogens with one attached hydrogen (secondary N) is 2. The summed E-state index contributed by atoms with van der Waals surface area (Å²) >= 11 is 0. The van der Waals surface area contributed by atoms with Gasteiger partial charge < -0.3 is 25.4 Å². The van der Waals surface area contributed by atoms with E-state index in [0.29, 0.717) is 6.54 Å². The summed E-state index contributed by atoms with van der Waals surface area (Å²) in [5.74, 6) is -0.442. The van der Waals surface area contributed by atoms with Crippen LogP contribution in [0.2, 0.25) is 0 Å². The first kappa shape index (κ1) is 32.0. The Bertz CT molecular complexity index is 1110. The van der Waals surface area contributed by atoms with Crippen molar-refractivity contribution in [2.45, 2.75) is 109 Å².